The number of hydrogen-bond donors (Lipinski definition) is 2. The van der Waals surface area contributed by atoms with E-state index >= 15 is 0 Å². The lowest BCUT2D eigenvalue weighted by Crippen LogP contribution is -1.86. The van der Waals surface area contributed by atoms with Crippen molar-refractivity contribution in [3.05, 3.63) is 33.5 Å². The number of hydrogen-bond acceptors (Lipinski definition) is 4. The van der Waals surface area contributed by atoms with Crippen molar-refractivity contribution in [3.63, 3.8) is 0 Å². The molecule has 0 bridgehead atoms. The minimum absolute atomic E-state index is 0.138. The van der Waals surface area contributed by atoms with Crippen molar-refractivity contribution in [1.82, 2.24) is 15.0 Å². The van der Waals surface area contributed by atoms with Crippen LogP contribution >= 0.6 is 27.3 Å². The number of aliphatic hydroxyl groups is 1. The first kappa shape index (κ1) is 12.8. The number of fused-ring (bicyclic) bond motifs is 1. The number of nitrogens with zero attached hydrogens (tertiary/aromatic N) is 2. The first-order valence-corrected chi connectivity index (χ1v) is 7.51. The third-order valence-corrected chi connectivity index (χ3v) is 4.92. The average Bonchev–Trinajstić information content (AvgIpc) is 2.91. The zero-order valence-electron chi connectivity index (χ0n) is 10.3. The van der Waals surface area contributed by atoms with E-state index in [1.54, 1.807) is 11.3 Å². The van der Waals surface area contributed by atoms with Gasteiger partial charge in [-0.3, -0.25) is 0 Å². The monoisotopic (exact) mass is 337 g/mol. The van der Waals surface area contributed by atoms with Crippen LogP contribution in [-0.2, 0) is 6.42 Å². The normalized spacial score (nSPS) is 11.3. The Kier molecular flexibility index (Phi) is 3.38. The molecule has 0 fully saturated rings. The maximum Gasteiger partial charge on any atom is 0.125 e. The van der Waals surface area contributed by atoms with E-state index in [0.717, 1.165) is 36.9 Å². The lowest BCUT2D eigenvalue weighted by molar-refractivity contribution is 0.300. The van der Waals surface area contributed by atoms with E-state index in [1.165, 1.54) is 0 Å². The van der Waals surface area contributed by atoms with Crippen LogP contribution in [0.1, 0.15) is 10.7 Å². The molecule has 98 valence electrons. The summed E-state index contributed by atoms with van der Waals surface area (Å²) in [6.07, 6.45) is 0.629. The molecule has 0 aliphatic carbocycles. The first-order chi connectivity index (χ1) is 9.17. The van der Waals surface area contributed by atoms with Crippen molar-refractivity contribution in [1.29, 1.82) is 0 Å². The van der Waals surface area contributed by atoms with E-state index in [-0.39, 0.29) is 6.61 Å². The lowest BCUT2D eigenvalue weighted by atomic mass is 10.2. The lowest BCUT2D eigenvalue weighted by Gasteiger charge is -1.95. The Bertz CT molecular complexity index is 735. The maximum absolute atomic E-state index is 9.01. The van der Waals surface area contributed by atoms with Crippen molar-refractivity contribution in [3.8, 4) is 10.6 Å². The minimum Gasteiger partial charge on any atom is -0.396 e. The number of aromatic nitrogens is 3. The van der Waals surface area contributed by atoms with Gasteiger partial charge < -0.3 is 10.1 Å². The van der Waals surface area contributed by atoms with Crippen LogP contribution in [0.2, 0.25) is 0 Å². The van der Waals surface area contributed by atoms with Gasteiger partial charge in [0.25, 0.3) is 0 Å². The van der Waals surface area contributed by atoms with E-state index in [9.17, 15) is 0 Å². The number of halogens is 1. The zero-order valence-corrected chi connectivity index (χ0v) is 12.7. The highest BCUT2D eigenvalue weighted by molar-refractivity contribution is 9.10. The Morgan fingerprint density at radius 2 is 2.21 bits per heavy atom. The molecule has 0 atom stereocenters. The summed E-state index contributed by atoms with van der Waals surface area (Å²) < 4.78 is 0.822. The van der Waals surface area contributed by atoms with Crippen molar-refractivity contribution >= 4 is 38.3 Å². The standard InChI is InChI=1S/C13H12BrN3OS/c1-7-15-9-3-2-8(6-10(9)16-7)13-17-12(14)11(19-13)4-5-18/h2-3,6,18H,4-5H2,1H3,(H,15,16). The molecule has 0 aliphatic rings. The summed E-state index contributed by atoms with van der Waals surface area (Å²) in [6, 6.07) is 6.08. The van der Waals surface area contributed by atoms with Gasteiger partial charge in [-0.2, -0.15) is 0 Å². The molecule has 6 heteroatoms. The molecule has 19 heavy (non-hydrogen) atoms. The molecule has 3 aromatic rings. The van der Waals surface area contributed by atoms with Crippen molar-refractivity contribution in [2.24, 2.45) is 0 Å². The predicted molar refractivity (Wildman–Crippen MR) is 80.4 cm³/mol. The molecule has 1 aromatic carbocycles. The Balaban J connectivity index is 2.05. The van der Waals surface area contributed by atoms with Crippen LogP contribution < -0.4 is 0 Å². The van der Waals surface area contributed by atoms with Crippen LogP contribution in [0.25, 0.3) is 21.6 Å². The van der Waals surface area contributed by atoms with E-state index in [2.05, 4.69) is 36.9 Å². The Labute approximate surface area is 122 Å². The summed E-state index contributed by atoms with van der Waals surface area (Å²) in [5.74, 6) is 0.911. The molecule has 0 spiro atoms. The van der Waals surface area contributed by atoms with Gasteiger partial charge in [0.05, 0.1) is 11.0 Å². The summed E-state index contributed by atoms with van der Waals surface area (Å²) >= 11 is 5.04. The van der Waals surface area contributed by atoms with Gasteiger partial charge in [0, 0.05) is 23.5 Å². The second-order valence-electron chi connectivity index (χ2n) is 4.26. The fraction of sp³-hybridized carbons (Fsp3) is 0.231. The molecule has 0 amide bonds. The number of H-pyrrole nitrogens is 1. The highest BCUT2D eigenvalue weighted by atomic mass is 79.9. The van der Waals surface area contributed by atoms with Gasteiger partial charge in [0.2, 0.25) is 0 Å². The zero-order chi connectivity index (χ0) is 13.4. The largest absolute Gasteiger partial charge is 0.396 e. The van der Waals surface area contributed by atoms with E-state index in [1.807, 2.05) is 19.1 Å². The molecule has 4 nitrogen and oxygen atoms in total. The van der Waals surface area contributed by atoms with E-state index in [0.29, 0.717) is 6.42 Å². The Morgan fingerprint density at radius 1 is 1.37 bits per heavy atom. The van der Waals surface area contributed by atoms with Crippen molar-refractivity contribution < 1.29 is 5.11 Å². The smallest absolute Gasteiger partial charge is 0.125 e. The number of aryl methyl sites for hydroxylation is 1. The fourth-order valence-corrected chi connectivity index (χ4v) is 3.66. The van der Waals surface area contributed by atoms with Gasteiger partial charge in [0.15, 0.2) is 0 Å². The van der Waals surface area contributed by atoms with Crippen molar-refractivity contribution in [2.75, 3.05) is 6.61 Å². The Hall–Kier alpha value is -1.24. The minimum atomic E-state index is 0.138. The summed E-state index contributed by atoms with van der Waals surface area (Å²) in [6.45, 7) is 2.08. The summed E-state index contributed by atoms with van der Waals surface area (Å²) in [7, 11) is 0. The highest BCUT2D eigenvalue weighted by Crippen LogP contribution is 2.32. The van der Waals surface area contributed by atoms with Crippen LogP contribution in [0.4, 0.5) is 0 Å². The van der Waals surface area contributed by atoms with Crippen LogP contribution in [0.15, 0.2) is 22.8 Å². The van der Waals surface area contributed by atoms with Crippen LogP contribution in [0.3, 0.4) is 0 Å². The molecular weight excluding hydrogens is 326 g/mol. The number of rotatable bonds is 3. The van der Waals surface area contributed by atoms with Crippen LogP contribution in [0.5, 0.6) is 0 Å². The van der Waals surface area contributed by atoms with Gasteiger partial charge in [-0.15, -0.1) is 11.3 Å². The molecule has 3 rings (SSSR count). The van der Waals surface area contributed by atoms with Gasteiger partial charge in [-0.1, -0.05) is 0 Å². The number of benzene rings is 1. The van der Waals surface area contributed by atoms with Gasteiger partial charge in [-0.25, -0.2) is 9.97 Å². The summed E-state index contributed by atoms with van der Waals surface area (Å²) in [5, 5.41) is 9.96. The molecule has 2 N–H and O–H groups in total. The molecule has 0 radical (unpaired) electrons. The third kappa shape index (κ3) is 2.43. The average molecular weight is 338 g/mol. The van der Waals surface area contributed by atoms with Gasteiger partial charge in [-0.05, 0) is 41.1 Å². The second kappa shape index (κ2) is 5.03. The van der Waals surface area contributed by atoms with Crippen molar-refractivity contribution in [2.45, 2.75) is 13.3 Å². The number of imidazole rings is 1. The highest BCUT2D eigenvalue weighted by Gasteiger charge is 2.11. The third-order valence-electron chi connectivity index (χ3n) is 2.84. The predicted octanol–water partition coefficient (Wildman–Crippen LogP) is 3.29. The first-order valence-electron chi connectivity index (χ1n) is 5.90. The quantitative estimate of drug-likeness (QED) is 0.770. The number of thiazole rings is 1. The van der Waals surface area contributed by atoms with Crippen LogP contribution in [-0.4, -0.2) is 26.7 Å². The number of nitrogens with one attached hydrogen (secondary N) is 1. The molecule has 0 aliphatic heterocycles. The molecule has 0 unspecified atom stereocenters. The van der Waals surface area contributed by atoms with Gasteiger partial charge in [0.1, 0.15) is 15.4 Å². The molecule has 2 aromatic heterocycles. The summed E-state index contributed by atoms with van der Waals surface area (Å²) in [4.78, 5) is 13.2. The van der Waals surface area contributed by atoms with Crippen LogP contribution in [0, 0.1) is 6.92 Å². The number of aromatic amines is 1. The fourth-order valence-electron chi connectivity index (χ4n) is 1.98. The maximum atomic E-state index is 9.01. The van der Waals surface area contributed by atoms with E-state index < -0.39 is 0 Å². The topological polar surface area (TPSA) is 61.8 Å². The Morgan fingerprint density at radius 3 is 3.00 bits per heavy atom. The SMILES string of the molecule is Cc1nc2ccc(-c3nc(Br)c(CCO)s3)cc2[nH]1. The number of aliphatic hydroxyl groups excluding tert-OH is 1. The molecule has 2 heterocycles. The second-order valence-corrected chi connectivity index (χ2v) is 6.10. The molecule has 0 saturated heterocycles. The van der Waals surface area contributed by atoms with E-state index in [4.69, 9.17) is 5.11 Å². The molecular formula is C13H12BrN3OS. The van der Waals surface area contributed by atoms with Gasteiger partial charge >= 0.3 is 0 Å². The summed E-state index contributed by atoms with van der Waals surface area (Å²) in [5.41, 5.74) is 3.04. The molecule has 0 saturated carbocycles.